The molecule has 49 heavy (non-hydrogen) atoms. The Morgan fingerprint density at radius 2 is 1.39 bits per heavy atom. The van der Waals surface area contributed by atoms with E-state index in [2.05, 4.69) is 4.90 Å². The van der Waals surface area contributed by atoms with E-state index < -0.39 is 51.8 Å². The molecule has 12 heteroatoms. The summed E-state index contributed by atoms with van der Waals surface area (Å²) in [7, 11) is 0. The number of rotatable bonds is 9. The first-order valence-electron chi connectivity index (χ1n) is 15.4. The number of aromatic nitrogens is 2. The molecule has 8 nitrogen and oxygen atoms in total. The summed E-state index contributed by atoms with van der Waals surface area (Å²) in [6.07, 6.45) is 5.64. The maximum atomic E-state index is 14.5. The van der Waals surface area contributed by atoms with E-state index in [0.717, 1.165) is 28.1 Å². The molecule has 0 radical (unpaired) electrons. The van der Waals surface area contributed by atoms with E-state index in [1.54, 1.807) is 6.07 Å². The number of pyridine rings is 1. The Morgan fingerprint density at radius 3 is 2.04 bits per heavy atom. The summed E-state index contributed by atoms with van der Waals surface area (Å²) in [5, 5.41) is 11.0. The second kappa shape index (κ2) is 14.1. The monoisotopic (exact) mass is 670 g/mol. The van der Waals surface area contributed by atoms with Gasteiger partial charge < -0.3 is 24.0 Å². The first kappa shape index (κ1) is 33.0. The van der Waals surface area contributed by atoms with Crippen LogP contribution in [0, 0.1) is 23.3 Å². The lowest BCUT2D eigenvalue weighted by molar-refractivity contribution is -0.142. The van der Waals surface area contributed by atoms with Crippen molar-refractivity contribution >= 4 is 23.1 Å². The van der Waals surface area contributed by atoms with Gasteiger partial charge in [0.15, 0.2) is 17.5 Å². The summed E-state index contributed by atoms with van der Waals surface area (Å²) >= 11 is 0. The fraction of sp³-hybridized carbons (Fsp3) is 0.162. The van der Waals surface area contributed by atoms with Gasteiger partial charge in [0.1, 0.15) is 11.6 Å². The Morgan fingerprint density at radius 1 is 0.755 bits per heavy atom. The maximum Gasteiger partial charge on any atom is 0.294 e. The molecule has 1 N–H and O–H groups in total. The zero-order valence-corrected chi connectivity index (χ0v) is 26.0. The number of nitrogens with zero attached hydrogens (tertiary/aromatic N) is 4. The van der Waals surface area contributed by atoms with E-state index in [4.69, 9.17) is 0 Å². The van der Waals surface area contributed by atoms with Gasteiger partial charge in [-0.05, 0) is 78.2 Å². The Kier molecular flexibility index (Phi) is 9.47. The minimum Gasteiger partial charge on any atom is -0.507 e. The SMILES string of the molecule is O=C(C=C(O)c1cc(Cc2cc(F)c(F)c(F)c2)cn(Cc2ccccc2F)c1=O)C(=O)N1CCN(c2ccc(-n3cccc3)cc2)CC1. The smallest absolute Gasteiger partial charge is 0.294 e. The van der Waals surface area contributed by atoms with Crippen LogP contribution in [-0.2, 0) is 22.6 Å². The third kappa shape index (κ3) is 7.33. The lowest BCUT2D eigenvalue weighted by Gasteiger charge is -2.35. The van der Waals surface area contributed by atoms with Crippen LogP contribution in [0.3, 0.4) is 0 Å². The number of halogens is 4. The second-order valence-corrected chi connectivity index (χ2v) is 11.6. The van der Waals surface area contributed by atoms with Crippen LogP contribution in [0.5, 0.6) is 0 Å². The van der Waals surface area contributed by atoms with Crippen LogP contribution in [0.4, 0.5) is 23.2 Å². The minimum atomic E-state index is -1.64. The van der Waals surface area contributed by atoms with Crippen molar-refractivity contribution in [3.05, 3.63) is 159 Å². The van der Waals surface area contributed by atoms with Crippen molar-refractivity contribution in [3.8, 4) is 5.69 Å². The van der Waals surface area contributed by atoms with E-state index in [1.165, 1.54) is 35.4 Å². The Balaban J connectivity index is 1.20. The van der Waals surface area contributed by atoms with Gasteiger partial charge in [-0.3, -0.25) is 14.4 Å². The lowest BCUT2D eigenvalue weighted by atomic mass is 10.0. The van der Waals surface area contributed by atoms with Gasteiger partial charge in [-0.1, -0.05) is 18.2 Å². The molecule has 3 aromatic carbocycles. The molecule has 1 fully saturated rings. The Bertz CT molecular complexity index is 2080. The number of carbonyl (C=O) groups is 2. The number of hydrogen-bond donors (Lipinski definition) is 1. The molecule has 0 aliphatic carbocycles. The number of piperazine rings is 1. The molecule has 1 aliphatic rings. The van der Waals surface area contributed by atoms with Crippen LogP contribution in [0.1, 0.15) is 22.3 Å². The number of ketones is 1. The molecule has 0 spiro atoms. The maximum absolute atomic E-state index is 14.5. The highest BCUT2D eigenvalue weighted by Gasteiger charge is 2.26. The van der Waals surface area contributed by atoms with Crippen molar-refractivity contribution in [3.63, 3.8) is 0 Å². The summed E-state index contributed by atoms with van der Waals surface area (Å²) in [6.45, 7) is 1.14. The van der Waals surface area contributed by atoms with Gasteiger partial charge in [-0.15, -0.1) is 0 Å². The van der Waals surface area contributed by atoms with Crippen LogP contribution in [0.25, 0.3) is 11.4 Å². The van der Waals surface area contributed by atoms with Crippen molar-refractivity contribution in [1.82, 2.24) is 14.0 Å². The molecule has 6 rings (SSSR count). The van der Waals surface area contributed by atoms with Gasteiger partial charge in [0.2, 0.25) is 5.78 Å². The minimum absolute atomic E-state index is 0.0177. The highest BCUT2D eigenvalue weighted by Crippen LogP contribution is 2.21. The fourth-order valence-corrected chi connectivity index (χ4v) is 5.78. The van der Waals surface area contributed by atoms with E-state index >= 15 is 0 Å². The third-order valence-corrected chi connectivity index (χ3v) is 8.33. The molecule has 0 saturated carbocycles. The molecule has 3 heterocycles. The predicted molar refractivity (Wildman–Crippen MR) is 176 cm³/mol. The highest BCUT2D eigenvalue weighted by atomic mass is 19.2. The number of aliphatic hydroxyl groups excluding tert-OH is 1. The van der Waals surface area contributed by atoms with Crippen LogP contribution in [0.15, 0.2) is 108 Å². The van der Waals surface area contributed by atoms with Crippen molar-refractivity contribution in [2.45, 2.75) is 13.0 Å². The number of hydrogen-bond acceptors (Lipinski definition) is 5. The third-order valence-electron chi connectivity index (χ3n) is 8.33. The summed E-state index contributed by atoms with van der Waals surface area (Å²) < 4.78 is 59.0. The summed E-state index contributed by atoms with van der Waals surface area (Å²) in [4.78, 5) is 43.0. The predicted octanol–water partition coefficient (Wildman–Crippen LogP) is 5.65. The van der Waals surface area contributed by atoms with Crippen molar-refractivity contribution in [2.75, 3.05) is 31.1 Å². The van der Waals surface area contributed by atoms with Crippen molar-refractivity contribution in [2.24, 2.45) is 0 Å². The average molecular weight is 671 g/mol. The van der Waals surface area contributed by atoms with Gasteiger partial charge >= 0.3 is 0 Å². The molecule has 0 bridgehead atoms. The van der Waals surface area contributed by atoms with Gasteiger partial charge in [0.25, 0.3) is 11.5 Å². The first-order chi connectivity index (χ1) is 23.6. The zero-order chi connectivity index (χ0) is 34.7. The fourth-order valence-electron chi connectivity index (χ4n) is 5.78. The Hall–Kier alpha value is -5.91. The van der Waals surface area contributed by atoms with E-state index in [-0.39, 0.29) is 42.7 Å². The van der Waals surface area contributed by atoms with Gasteiger partial charge in [-0.25, -0.2) is 17.6 Å². The number of aliphatic hydroxyl groups is 1. The summed E-state index contributed by atoms with van der Waals surface area (Å²) in [6, 6.07) is 20.3. The van der Waals surface area contributed by atoms with Gasteiger partial charge in [0, 0.05) is 67.8 Å². The summed E-state index contributed by atoms with van der Waals surface area (Å²) in [5.74, 6) is -7.79. The summed E-state index contributed by atoms with van der Waals surface area (Å²) in [5.41, 5.74) is 1.14. The Labute approximate surface area is 278 Å². The molecule has 1 saturated heterocycles. The molecule has 1 amide bonds. The molecule has 5 aromatic rings. The lowest BCUT2D eigenvalue weighted by Crippen LogP contribution is -2.50. The molecular formula is C37H30F4N4O4. The highest BCUT2D eigenvalue weighted by molar-refractivity contribution is 6.41. The molecule has 0 atom stereocenters. The van der Waals surface area contributed by atoms with E-state index in [0.29, 0.717) is 19.2 Å². The van der Waals surface area contributed by atoms with E-state index in [9.17, 15) is 37.1 Å². The number of anilines is 1. The van der Waals surface area contributed by atoms with Crippen molar-refractivity contribution in [1.29, 1.82) is 0 Å². The zero-order valence-electron chi connectivity index (χ0n) is 26.0. The van der Waals surface area contributed by atoms with Gasteiger partial charge in [0.05, 0.1) is 12.1 Å². The standard InChI is InChI=1S/C37H30F4N4O4/c38-30-6-2-1-5-26(30)23-45-22-25(17-24-19-31(39)35(41)32(40)20-24)18-29(36(45)48)33(46)21-34(47)37(49)44-15-13-43(14-16-44)28-9-7-27(8-10-28)42-11-3-4-12-42/h1-12,18-22,46H,13-17,23H2. The van der Waals surface area contributed by atoms with Crippen LogP contribution in [0.2, 0.25) is 0 Å². The normalized spacial score (nSPS) is 13.5. The van der Waals surface area contributed by atoms with Crippen molar-refractivity contribution < 1.29 is 32.3 Å². The van der Waals surface area contributed by atoms with Gasteiger partial charge in [-0.2, -0.15) is 0 Å². The molecule has 1 aliphatic heterocycles. The number of carbonyl (C=O) groups excluding carboxylic acids is 2. The quantitative estimate of drug-likeness (QED) is 0.0721. The largest absolute Gasteiger partial charge is 0.507 e. The van der Waals surface area contributed by atoms with Crippen LogP contribution in [-0.4, -0.2) is 57.0 Å². The van der Waals surface area contributed by atoms with Crippen LogP contribution < -0.4 is 10.5 Å². The van der Waals surface area contributed by atoms with Crippen LogP contribution >= 0.6 is 0 Å². The molecule has 250 valence electrons. The first-order valence-corrected chi connectivity index (χ1v) is 15.4. The topological polar surface area (TPSA) is 87.8 Å². The molecular weight excluding hydrogens is 640 g/mol. The average Bonchev–Trinajstić information content (AvgIpc) is 3.64. The second-order valence-electron chi connectivity index (χ2n) is 11.6. The molecule has 0 unspecified atom stereocenters. The number of amides is 1. The van der Waals surface area contributed by atoms with E-state index in [1.807, 2.05) is 53.4 Å². The molecule has 2 aromatic heterocycles. The number of benzene rings is 3.